The predicted octanol–water partition coefficient (Wildman–Crippen LogP) is 0.0546. The topological polar surface area (TPSA) is 164 Å². The lowest BCUT2D eigenvalue weighted by Gasteiger charge is -2.11. The van der Waals surface area contributed by atoms with Crippen LogP contribution in [0.4, 0.5) is 23.5 Å². The van der Waals surface area contributed by atoms with Crippen LogP contribution in [-0.2, 0) is 0 Å². The minimum Gasteiger partial charge on any atom is -0.478 e. The van der Waals surface area contributed by atoms with E-state index in [4.69, 9.17) is 16.6 Å². The molecule has 0 amide bonds. The maximum absolute atomic E-state index is 11.0. The summed E-state index contributed by atoms with van der Waals surface area (Å²) in [6.07, 6.45) is 0. The summed E-state index contributed by atoms with van der Waals surface area (Å²) in [7, 11) is 0. The fourth-order valence-electron chi connectivity index (χ4n) is 1.82. The summed E-state index contributed by atoms with van der Waals surface area (Å²) in [5, 5.41) is 18.0. The van der Waals surface area contributed by atoms with Crippen molar-refractivity contribution in [2.24, 2.45) is 11.5 Å². The Morgan fingerprint density at radius 3 is 2.12 bits per heavy atom. The van der Waals surface area contributed by atoms with Gasteiger partial charge in [0.15, 0.2) is 0 Å². The van der Waals surface area contributed by atoms with E-state index in [1.54, 1.807) is 12.1 Å². The number of nitrogens with two attached hydrogens (primary N) is 2. The predicted molar refractivity (Wildman–Crippen MR) is 91.6 cm³/mol. The van der Waals surface area contributed by atoms with E-state index in [-0.39, 0.29) is 11.5 Å². The largest absolute Gasteiger partial charge is 0.478 e. The van der Waals surface area contributed by atoms with Gasteiger partial charge in [0, 0.05) is 31.9 Å². The lowest BCUT2D eigenvalue weighted by molar-refractivity contribution is 0.0697. The van der Waals surface area contributed by atoms with E-state index in [1.165, 1.54) is 12.1 Å². The van der Waals surface area contributed by atoms with Crippen molar-refractivity contribution < 1.29 is 9.90 Å². The molecule has 0 saturated carbocycles. The van der Waals surface area contributed by atoms with Gasteiger partial charge in [-0.1, -0.05) is 6.07 Å². The van der Waals surface area contributed by atoms with E-state index in [0.29, 0.717) is 43.8 Å². The van der Waals surface area contributed by atoms with E-state index >= 15 is 0 Å². The number of rotatable bonds is 9. The van der Waals surface area contributed by atoms with Crippen LogP contribution in [0.1, 0.15) is 10.4 Å². The van der Waals surface area contributed by atoms with Gasteiger partial charge in [-0.15, -0.1) is 0 Å². The van der Waals surface area contributed by atoms with Crippen LogP contribution in [0.3, 0.4) is 0 Å². The smallest absolute Gasteiger partial charge is 0.335 e. The third kappa shape index (κ3) is 5.04. The Labute approximate surface area is 138 Å². The molecule has 0 bridgehead atoms. The molecule has 0 spiro atoms. The number of benzene rings is 1. The van der Waals surface area contributed by atoms with Crippen molar-refractivity contribution in [1.29, 1.82) is 0 Å². The van der Waals surface area contributed by atoms with Crippen molar-refractivity contribution in [2.45, 2.75) is 0 Å². The first-order valence-corrected chi connectivity index (χ1v) is 7.36. The van der Waals surface area contributed by atoms with Gasteiger partial charge in [-0.3, -0.25) is 0 Å². The van der Waals surface area contributed by atoms with Gasteiger partial charge in [-0.2, -0.15) is 15.0 Å². The molecule has 0 aliphatic carbocycles. The van der Waals surface area contributed by atoms with Gasteiger partial charge in [0.2, 0.25) is 17.8 Å². The van der Waals surface area contributed by atoms with Crippen LogP contribution in [0, 0.1) is 0 Å². The summed E-state index contributed by atoms with van der Waals surface area (Å²) in [5.74, 6) is -0.0322. The van der Waals surface area contributed by atoms with Crippen molar-refractivity contribution in [3.63, 3.8) is 0 Å². The van der Waals surface area contributed by atoms with Gasteiger partial charge in [-0.25, -0.2) is 4.79 Å². The zero-order chi connectivity index (χ0) is 17.4. The number of carbonyl (C=O) groups is 1. The van der Waals surface area contributed by atoms with Crippen LogP contribution in [0.25, 0.3) is 0 Å². The summed E-state index contributed by atoms with van der Waals surface area (Å²) in [6.45, 7) is 1.88. The number of aromatic nitrogens is 3. The maximum Gasteiger partial charge on any atom is 0.335 e. The van der Waals surface area contributed by atoms with Crippen LogP contribution in [0.5, 0.6) is 0 Å². The highest BCUT2D eigenvalue weighted by molar-refractivity contribution is 5.89. The average molecular weight is 332 g/mol. The summed E-state index contributed by atoms with van der Waals surface area (Å²) in [4.78, 5) is 23.7. The number of nitrogens with one attached hydrogen (secondary N) is 3. The molecule has 8 N–H and O–H groups in total. The molecular formula is C14H20N8O2. The standard InChI is InChI=1S/C14H20N8O2/c15-4-6-17-12-20-13(18-7-5-16)22-14(21-12)19-10-3-1-2-9(8-10)11(23)24/h1-3,8H,4-7,15-16H2,(H,23,24)(H3,17,18,19,20,21,22). The third-order valence-electron chi connectivity index (χ3n) is 2.86. The molecule has 0 radical (unpaired) electrons. The second-order valence-electron chi connectivity index (χ2n) is 4.75. The molecule has 24 heavy (non-hydrogen) atoms. The minimum absolute atomic E-state index is 0.164. The molecular weight excluding hydrogens is 312 g/mol. The monoisotopic (exact) mass is 332 g/mol. The van der Waals surface area contributed by atoms with Gasteiger partial charge in [0.25, 0.3) is 0 Å². The molecule has 1 heterocycles. The van der Waals surface area contributed by atoms with E-state index in [2.05, 4.69) is 30.9 Å². The second kappa shape index (κ2) is 8.60. The normalized spacial score (nSPS) is 10.2. The number of hydrogen-bond acceptors (Lipinski definition) is 9. The fourth-order valence-corrected chi connectivity index (χ4v) is 1.82. The Balaban J connectivity index is 2.23. The summed E-state index contributed by atoms with van der Waals surface area (Å²) in [5.41, 5.74) is 11.6. The molecule has 10 heteroatoms. The third-order valence-corrected chi connectivity index (χ3v) is 2.86. The molecule has 0 unspecified atom stereocenters. The highest BCUT2D eigenvalue weighted by atomic mass is 16.4. The quantitative estimate of drug-likeness (QED) is 0.369. The molecule has 0 aliphatic rings. The number of hydrogen-bond donors (Lipinski definition) is 6. The van der Waals surface area contributed by atoms with E-state index in [1.807, 2.05) is 0 Å². The fraction of sp³-hybridized carbons (Fsp3) is 0.286. The van der Waals surface area contributed by atoms with Crippen molar-refractivity contribution in [3.8, 4) is 0 Å². The number of nitrogens with zero attached hydrogens (tertiary/aromatic N) is 3. The van der Waals surface area contributed by atoms with Gasteiger partial charge < -0.3 is 32.5 Å². The van der Waals surface area contributed by atoms with Gasteiger partial charge in [0.1, 0.15) is 0 Å². The van der Waals surface area contributed by atoms with E-state index < -0.39 is 5.97 Å². The van der Waals surface area contributed by atoms with E-state index in [0.717, 1.165) is 0 Å². The molecule has 2 rings (SSSR count). The first kappa shape index (κ1) is 17.4. The SMILES string of the molecule is NCCNc1nc(NCCN)nc(Nc2cccc(C(=O)O)c2)n1. The summed E-state index contributed by atoms with van der Waals surface area (Å²) >= 11 is 0. The Hall–Kier alpha value is -2.98. The number of aromatic carboxylic acids is 1. The van der Waals surface area contributed by atoms with Crippen LogP contribution in [0.15, 0.2) is 24.3 Å². The van der Waals surface area contributed by atoms with Gasteiger partial charge in [0.05, 0.1) is 5.56 Å². The summed E-state index contributed by atoms with van der Waals surface area (Å²) < 4.78 is 0. The Morgan fingerprint density at radius 1 is 1.00 bits per heavy atom. The van der Waals surface area contributed by atoms with Crippen LogP contribution >= 0.6 is 0 Å². The molecule has 1 aromatic heterocycles. The second-order valence-corrected chi connectivity index (χ2v) is 4.75. The molecule has 2 aromatic rings. The Bertz CT molecular complexity index is 668. The van der Waals surface area contributed by atoms with Crippen molar-refractivity contribution in [3.05, 3.63) is 29.8 Å². The molecule has 0 saturated heterocycles. The molecule has 0 fully saturated rings. The Kier molecular flexibility index (Phi) is 6.23. The minimum atomic E-state index is -1.01. The zero-order valence-electron chi connectivity index (χ0n) is 13.0. The van der Waals surface area contributed by atoms with Crippen molar-refractivity contribution in [1.82, 2.24) is 15.0 Å². The van der Waals surface area contributed by atoms with Crippen LogP contribution < -0.4 is 27.4 Å². The van der Waals surface area contributed by atoms with Crippen LogP contribution in [-0.4, -0.2) is 52.2 Å². The van der Waals surface area contributed by atoms with E-state index in [9.17, 15) is 4.79 Å². The lowest BCUT2D eigenvalue weighted by Crippen LogP contribution is -2.18. The van der Waals surface area contributed by atoms with Gasteiger partial charge >= 0.3 is 5.97 Å². The number of carboxylic acid groups (broad SMARTS) is 1. The van der Waals surface area contributed by atoms with Gasteiger partial charge in [-0.05, 0) is 18.2 Å². The number of carboxylic acids is 1. The highest BCUT2D eigenvalue weighted by Crippen LogP contribution is 2.17. The zero-order valence-corrected chi connectivity index (χ0v) is 13.0. The molecule has 0 aliphatic heterocycles. The molecule has 10 nitrogen and oxygen atoms in total. The summed E-state index contributed by atoms with van der Waals surface area (Å²) in [6, 6.07) is 6.35. The Morgan fingerprint density at radius 2 is 1.58 bits per heavy atom. The maximum atomic E-state index is 11.0. The first-order valence-electron chi connectivity index (χ1n) is 7.36. The van der Waals surface area contributed by atoms with Crippen LogP contribution in [0.2, 0.25) is 0 Å². The number of anilines is 4. The molecule has 128 valence electrons. The average Bonchev–Trinajstić information content (AvgIpc) is 2.58. The molecule has 1 aromatic carbocycles. The van der Waals surface area contributed by atoms with Crippen molar-refractivity contribution in [2.75, 3.05) is 42.1 Å². The highest BCUT2D eigenvalue weighted by Gasteiger charge is 2.08. The lowest BCUT2D eigenvalue weighted by atomic mass is 10.2. The molecule has 0 atom stereocenters. The first-order chi connectivity index (χ1) is 11.6. The van der Waals surface area contributed by atoms with Crippen molar-refractivity contribution >= 4 is 29.5 Å².